The molecule has 6 nitrogen and oxygen atoms in total. The van der Waals surface area contributed by atoms with Crippen molar-refractivity contribution in [2.75, 3.05) is 20.2 Å². The zero-order chi connectivity index (χ0) is 19.7. The van der Waals surface area contributed by atoms with Crippen molar-refractivity contribution in [2.24, 2.45) is 0 Å². The first kappa shape index (κ1) is 18.5. The van der Waals surface area contributed by atoms with Crippen molar-refractivity contribution >= 4 is 27.5 Å². The van der Waals surface area contributed by atoms with Gasteiger partial charge in [-0.2, -0.15) is 4.98 Å². The van der Waals surface area contributed by atoms with E-state index in [1.54, 1.807) is 23.2 Å². The number of likely N-dealkylation sites (tertiary alicyclic amines) is 1. The van der Waals surface area contributed by atoms with E-state index in [0.29, 0.717) is 47.3 Å². The van der Waals surface area contributed by atoms with Crippen LogP contribution in [0.4, 0.5) is 8.78 Å². The second kappa shape index (κ2) is 7.67. The highest BCUT2D eigenvalue weighted by molar-refractivity contribution is 7.20. The van der Waals surface area contributed by atoms with Crippen molar-refractivity contribution in [1.82, 2.24) is 14.9 Å². The van der Waals surface area contributed by atoms with Crippen molar-refractivity contribution in [2.45, 2.75) is 18.9 Å². The van der Waals surface area contributed by atoms with Gasteiger partial charge in [0, 0.05) is 38.2 Å². The number of ether oxygens (including phenoxy) is 2. The van der Waals surface area contributed by atoms with Gasteiger partial charge < -0.3 is 14.4 Å². The number of piperidine rings is 1. The molecule has 2 aromatic heterocycles. The maximum Gasteiger partial charge on any atom is 0.274 e. The van der Waals surface area contributed by atoms with E-state index >= 15 is 0 Å². The van der Waals surface area contributed by atoms with Crippen LogP contribution in [0.3, 0.4) is 0 Å². The monoisotopic (exact) mass is 405 g/mol. The minimum absolute atomic E-state index is 0.109. The molecule has 0 atom stereocenters. The summed E-state index contributed by atoms with van der Waals surface area (Å²) in [5.41, 5.74) is 0.533. The molecule has 1 saturated heterocycles. The second-order valence-electron chi connectivity index (χ2n) is 6.38. The van der Waals surface area contributed by atoms with Gasteiger partial charge in [0.15, 0.2) is 5.82 Å². The summed E-state index contributed by atoms with van der Waals surface area (Å²) in [6.07, 6.45) is 2.65. The van der Waals surface area contributed by atoms with Crippen molar-refractivity contribution < 1.29 is 23.0 Å². The van der Waals surface area contributed by atoms with Crippen LogP contribution in [0.25, 0.3) is 10.2 Å². The Morgan fingerprint density at radius 1 is 1.29 bits per heavy atom. The molecule has 1 amide bonds. The van der Waals surface area contributed by atoms with E-state index in [9.17, 15) is 13.6 Å². The SMILES string of the molecule is COc1ncccc1C(=O)N1CCC(Oc2nc3c(F)cc(F)cc3s2)CC1. The van der Waals surface area contributed by atoms with Crippen molar-refractivity contribution in [3.63, 3.8) is 0 Å². The summed E-state index contributed by atoms with van der Waals surface area (Å²) in [4.78, 5) is 22.6. The van der Waals surface area contributed by atoms with Crippen LogP contribution in [0, 0.1) is 11.6 Å². The van der Waals surface area contributed by atoms with E-state index in [0.717, 1.165) is 17.4 Å². The van der Waals surface area contributed by atoms with Gasteiger partial charge in [-0.15, -0.1) is 0 Å². The van der Waals surface area contributed by atoms with Crippen LogP contribution in [-0.2, 0) is 0 Å². The van der Waals surface area contributed by atoms with Gasteiger partial charge in [-0.05, 0) is 18.2 Å². The normalized spacial score (nSPS) is 15.0. The summed E-state index contributed by atoms with van der Waals surface area (Å²) in [6, 6.07) is 5.43. The fourth-order valence-corrected chi connectivity index (χ4v) is 4.11. The van der Waals surface area contributed by atoms with Crippen LogP contribution in [0.2, 0.25) is 0 Å². The smallest absolute Gasteiger partial charge is 0.274 e. The fraction of sp³-hybridized carbons (Fsp3) is 0.316. The molecule has 1 aliphatic heterocycles. The Kier molecular flexibility index (Phi) is 5.08. The maximum atomic E-state index is 13.8. The molecule has 0 unspecified atom stereocenters. The molecule has 1 aliphatic rings. The number of hydrogen-bond donors (Lipinski definition) is 0. The number of benzene rings is 1. The standard InChI is InChI=1S/C19H17F2N3O3S/c1-26-17-13(3-2-6-22-17)18(25)24-7-4-12(5-8-24)27-19-23-16-14(21)9-11(20)10-15(16)28-19/h2-3,6,9-10,12H,4-5,7-8H2,1H3. The predicted octanol–water partition coefficient (Wildman–Crippen LogP) is 3.66. The van der Waals surface area contributed by atoms with E-state index in [1.165, 1.54) is 13.2 Å². The third kappa shape index (κ3) is 3.62. The molecule has 1 fully saturated rings. The molecule has 1 aromatic carbocycles. The van der Waals surface area contributed by atoms with Gasteiger partial charge in [0.2, 0.25) is 5.88 Å². The van der Waals surface area contributed by atoms with Gasteiger partial charge in [-0.1, -0.05) is 11.3 Å². The van der Waals surface area contributed by atoms with Gasteiger partial charge in [0.25, 0.3) is 11.1 Å². The average molecular weight is 405 g/mol. The Labute approximate surface area is 163 Å². The highest BCUT2D eigenvalue weighted by Gasteiger charge is 2.27. The molecule has 0 radical (unpaired) electrons. The van der Waals surface area contributed by atoms with Crippen molar-refractivity contribution in [3.05, 3.63) is 47.7 Å². The van der Waals surface area contributed by atoms with Crippen LogP contribution >= 0.6 is 11.3 Å². The van der Waals surface area contributed by atoms with Crippen LogP contribution < -0.4 is 9.47 Å². The van der Waals surface area contributed by atoms with Gasteiger partial charge in [0.1, 0.15) is 23.0 Å². The first-order valence-corrected chi connectivity index (χ1v) is 9.57. The van der Waals surface area contributed by atoms with E-state index in [2.05, 4.69) is 9.97 Å². The van der Waals surface area contributed by atoms with Crippen LogP contribution in [-0.4, -0.2) is 47.1 Å². The number of hydrogen-bond acceptors (Lipinski definition) is 6. The summed E-state index contributed by atoms with van der Waals surface area (Å²) in [5.74, 6) is -1.18. The Morgan fingerprint density at radius 3 is 2.82 bits per heavy atom. The summed E-state index contributed by atoms with van der Waals surface area (Å²) in [5, 5.41) is 0.304. The molecule has 0 N–H and O–H groups in total. The lowest BCUT2D eigenvalue weighted by molar-refractivity contribution is 0.0592. The van der Waals surface area contributed by atoms with Crippen LogP contribution in [0.1, 0.15) is 23.2 Å². The minimum Gasteiger partial charge on any atom is -0.480 e. The Hall–Kier alpha value is -2.81. The number of fused-ring (bicyclic) bond motifs is 1. The van der Waals surface area contributed by atoms with E-state index in [4.69, 9.17) is 9.47 Å². The molecular weight excluding hydrogens is 388 g/mol. The van der Waals surface area contributed by atoms with Gasteiger partial charge in [0.05, 0.1) is 11.8 Å². The number of carbonyl (C=O) groups is 1. The van der Waals surface area contributed by atoms with E-state index in [-0.39, 0.29) is 17.5 Å². The molecule has 0 saturated carbocycles. The lowest BCUT2D eigenvalue weighted by atomic mass is 10.1. The van der Waals surface area contributed by atoms with Crippen LogP contribution in [0.5, 0.6) is 11.1 Å². The van der Waals surface area contributed by atoms with E-state index < -0.39 is 11.6 Å². The molecule has 3 heterocycles. The minimum atomic E-state index is -0.702. The Morgan fingerprint density at radius 2 is 2.07 bits per heavy atom. The molecule has 146 valence electrons. The van der Waals surface area contributed by atoms with Crippen molar-refractivity contribution in [1.29, 1.82) is 0 Å². The zero-order valence-electron chi connectivity index (χ0n) is 15.0. The molecule has 0 spiro atoms. The Balaban J connectivity index is 1.40. The lowest BCUT2D eigenvalue weighted by Gasteiger charge is -2.31. The number of carbonyl (C=O) groups excluding carboxylic acids is 1. The summed E-state index contributed by atoms with van der Waals surface area (Å²) >= 11 is 1.11. The number of aromatic nitrogens is 2. The zero-order valence-corrected chi connectivity index (χ0v) is 15.8. The number of pyridine rings is 1. The highest BCUT2D eigenvalue weighted by Crippen LogP contribution is 2.32. The average Bonchev–Trinajstić information content (AvgIpc) is 3.10. The molecule has 0 bridgehead atoms. The van der Waals surface area contributed by atoms with Gasteiger partial charge in [-0.3, -0.25) is 4.79 Å². The number of rotatable bonds is 4. The summed E-state index contributed by atoms with van der Waals surface area (Å²) in [6.45, 7) is 1.02. The molecular formula is C19H17F2N3O3S. The maximum absolute atomic E-state index is 13.8. The van der Waals surface area contributed by atoms with Crippen molar-refractivity contribution in [3.8, 4) is 11.1 Å². The second-order valence-corrected chi connectivity index (χ2v) is 7.38. The topological polar surface area (TPSA) is 64.5 Å². The predicted molar refractivity (Wildman–Crippen MR) is 99.9 cm³/mol. The van der Waals surface area contributed by atoms with Gasteiger partial charge in [-0.25, -0.2) is 13.8 Å². The van der Waals surface area contributed by atoms with E-state index in [1.807, 2.05) is 0 Å². The third-order valence-electron chi connectivity index (χ3n) is 4.59. The molecule has 3 aromatic rings. The first-order valence-electron chi connectivity index (χ1n) is 8.75. The fourth-order valence-electron chi connectivity index (χ4n) is 3.19. The molecule has 0 aliphatic carbocycles. The van der Waals surface area contributed by atoms with Crippen LogP contribution in [0.15, 0.2) is 30.5 Å². The van der Waals surface area contributed by atoms with Gasteiger partial charge >= 0.3 is 0 Å². The number of methoxy groups -OCH3 is 1. The lowest BCUT2D eigenvalue weighted by Crippen LogP contribution is -2.41. The third-order valence-corrected chi connectivity index (χ3v) is 5.48. The number of halogens is 2. The quantitative estimate of drug-likeness (QED) is 0.663. The Bertz CT molecular complexity index is 1020. The number of amides is 1. The highest BCUT2D eigenvalue weighted by atomic mass is 32.1. The number of nitrogens with zero attached hydrogens (tertiary/aromatic N) is 3. The first-order chi connectivity index (χ1) is 13.5. The molecule has 9 heteroatoms. The molecule has 4 rings (SSSR count). The summed E-state index contributed by atoms with van der Waals surface area (Å²) in [7, 11) is 1.48. The largest absolute Gasteiger partial charge is 0.480 e. The summed E-state index contributed by atoms with van der Waals surface area (Å²) < 4.78 is 38.5. The molecule has 28 heavy (non-hydrogen) atoms. The number of thiazole rings is 1.